The third kappa shape index (κ3) is 4.13. The first-order valence-electron chi connectivity index (χ1n) is 7.17. The van der Waals surface area contributed by atoms with Crippen LogP contribution in [0.3, 0.4) is 0 Å². The molecule has 0 saturated heterocycles. The number of nitro benzene ring substituents is 1. The van der Waals surface area contributed by atoms with Gasteiger partial charge in [-0.15, -0.1) is 0 Å². The highest BCUT2D eigenvalue weighted by molar-refractivity contribution is 5.39. The van der Waals surface area contributed by atoms with Crippen LogP contribution in [-0.4, -0.2) is 12.0 Å². The first-order valence-corrected chi connectivity index (χ1v) is 7.17. The Bertz CT molecular complexity index is 584. The summed E-state index contributed by atoms with van der Waals surface area (Å²) in [6.45, 7) is 0. The minimum atomic E-state index is -0.303. The molecule has 0 saturated carbocycles. The third-order valence-corrected chi connectivity index (χ3v) is 3.68. The molecule has 0 aliphatic heterocycles. The normalized spacial score (nSPS) is 12.0. The van der Waals surface area contributed by atoms with Gasteiger partial charge in [-0.2, -0.15) is 0 Å². The van der Waals surface area contributed by atoms with Gasteiger partial charge < -0.3 is 5.32 Å². The Morgan fingerprint density at radius 1 is 1.10 bits per heavy atom. The molecule has 110 valence electrons. The molecule has 0 heterocycles. The third-order valence-electron chi connectivity index (χ3n) is 3.68. The lowest BCUT2D eigenvalue weighted by atomic mass is 9.98. The molecule has 21 heavy (non-hydrogen) atoms. The van der Waals surface area contributed by atoms with Crippen LogP contribution in [0.1, 0.15) is 30.0 Å². The van der Waals surface area contributed by atoms with E-state index < -0.39 is 0 Å². The Hall–Kier alpha value is -2.20. The Morgan fingerprint density at radius 3 is 2.43 bits per heavy atom. The van der Waals surface area contributed by atoms with Gasteiger partial charge >= 0.3 is 0 Å². The van der Waals surface area contributed by atoms with Gasteiger partial charge in [0.2, 0.25) is 0 Å². The number of para-hydroxylation sites is 1. The molecule has 4 heteroatoms. The average molecular weight is 284 g/mol. The summed E-state index contributed by atoms with van der Waals surface area (Å²) in [6.07, 6.45) is 2.58. The van der Waals surface area contributed by atoms with Gasteiger partial charge in [0.1, 0.15) is 0 Å². The fourth-order valence-corrected chi connectivity index (χ4v) is 2.56. The predicted molar refractivity (Wildman–Crippen MR) is 84.3 cm³/mol. The van der Waals surface area contributed by atoms with E-state index in [9.17, 15) is 10.1 Å². The van der Waals surface area contributed by atoms with E-state index in [4.69, 9.17) is 0 Å². The predicted octanol–water partition coefficient (Wildman–Crippen LogP) is 3.88. The van der Waals surface area contributed by atoms with Crippen LogP contribution in [0.2, 0.25) is 0 Å². The molecule has 2 rings (SSSR count). The number of rotatable bonds is 7. The van der Waals surface area contributed by atoms with Crippen LogP contribution in [0.25, 0.3) is 0 Å². The molecule has 1 atom stereocenters. The van der Waals surface area contributed by atoms with E-state index in [1.807, 2.05) is 37.4 Å². The SMILES string of the molecule is CNC(CCCc1ccccc1[N+](=O)[O-])c1ccccc1. The highest BCUT2D eigenvalue weighted by atomic mass is 16.6. The van der Waals surface area contributed by atoms with Crippen LogP contribution in [0.5, 0.6) is 0 Å². The molecule has 0 radical (unpaired) electrons. The number of hydrogen-bond donors (Lipinski definition) is 1. The van der Waals surface area contributed by atoms with Crippen molar-refractivity contribution in [1.29, 1.82) is 0 Å². The Kier molecular flexibility index (Phi) is 5.46. The number of aryl methyl sites for hydroxylation is 1. The first-order chi connectivity index (χ1) is 10.2. The van der Waals surface area contributed by atoms with Crippen LogP contribution in [0.15, 0.2) is 54.6 Å². The first kappa shape index (κ1) is 15.2. The summed E-state index contributed by atoms with van der Waals surface area (Å²) in [7, 11) is 1.95. The lowest BCUT2D eigenvalue weighted by molar-refractivity contribution is -0.385. The second kappa shape index (κ2) is 7.55. The number of nitrogens with one attached hydrogen (secondary N) is 1. The Morgan fingerprint density at radius 2 is 1.76 bits per heavy atom. The van der Waals surface area contributed by atoms with Crippen molar-refractivity contribution >= 4 is 5.69 Å². The molecule has 0 spiro atoms. The zero-order valence-electron chi connectivity index (χ0n) is 12.2. The maximum Gasteiger partial charge on any atom is 0.272 e. The second-order valence-corrected chi connectivity index (χ2v) is 5.03. The molecule has 1 unspecified atom stereocenters. The van der Waals surface area contributed by atoms with Crippen molar-refractivity contribution in [2.24, 2.45) is 0 Å². The van der Waals surface area contributed by atoms with Gasteiger partial charge in [-0.1, -0.05) is 48.5 Å². The maximum atomic E-state index is 11.0. The quantitative estimate of drug-likeness (QED) is 0.620. The summed E-state index contributed by atoms with van der Waals surface area (Å²) in [5.41, 5.74) is 2.28. The maximum absolute atomic E-state index is 11.0. The van der Waals surface area contributed by atoms with Crippen molar-refractivity contribution in [3.63, 3.8) is 0 Å². The van der Waals surface area contributed by atoms with Crippen LogP contribution in [-0.2, 0) is 6.42 Å². The zero-order valence-corrected chi connectivity index (χ0v) is 12.2. The molecule has 0 aromatic heterocycles. The van der Waals surface area contributed by atoms with Crippen LogP contribution in [0.4, 0.5) is 5.69 Å². The molecule has 0 amide bonds. The monoisotopic (exact) mass is 284 g/mol. The summed E-state index contributed by atoms with van der Waals surface area (Å²) < 4.78 is 0. The molecule has 2 aromatic carbocycles. The number of nitro groups is 1. The highest BCUT2D eigenvalue weighted by Gasteiger charge is 2.13. The number of hydrogen-bond acceptors (Lipinski definition) is 3. The lowest BCUT2D eigenvalue weighted by Gasteiger charge is -2.16. The van der Waals surface area contributed by atoms with E-state index in [-0.39, 0.29) is 16.7 Å². The number of benzene rings is 2. The molecular weight excluding hydrogens is 264 g/mol. The molecular formula is C17H20N2O2. The minimum Gasteiger partial charge on any atom is -0.313 e. The van der Waals surface area contributed by atoms with Crippen LogP contribution < -0.4 is 5.32 Å². The van der Waals surface area contributed by atoms with Gasteiger partial charge in [-0.3, -0.25) is 10.1 Å². The van der Waals surface area contributed by atoms with Gasteiger partial charge in [-0.25, -0.2) is 0 Å². The molecule has 4 nitrogen and oxygen atoms in total. The topological polar surface area (TPSA) is 55.2 Å². The van der Waals surface area contributed by atoms with E-state index in [0.29, 0.717) is 0 Å². The van der Waals surface area contributed by atoms with Gasteiger partial charge in [-0.05, 0) is 31.9 Å². The smallest absolute Gasteiger partial charge is 0.272 e. The van der Waals surface area contributed by atoms with Crippen LogP contribution in [0, 0.1) is 10.1 Å². The summed E-state index contributed by atoms with van der Waals surface area (Å²) in [6, 6.07) is 17.5. The molecule has 1 N–H and O–H groups in total. The summed E-state index contributed by atoms with van der Waals surface area (Å²) in [5.74, 6) is 0. The Labute approximate surface area is 125 Å². The van der Waals surface area contributed by atoms with Crippen molar-refractivity contribution in [3.8, 4) is 0 Å². The molecule has 0 aliphatic carbocycles. The van der Waals surface area contributed by atoms with E-state index in [2.05, 4.69) is 17.4 Å². The average Bonchev–Trinajstić information content (AvgIpc) is 2.52. The van der Waals surface area contributed by atoms with Gasteiger partial charge in [0.15, 0.2) is 0 Å². The molecule has 0 bridgehead atoms. The van der Waals surface area contributed by atoms with E-state index >= 15 is 0 Å². The van der Waals surface area contributed by atoms with Crippen molar-refractivity contribution < 1.29 is 4.92 Å². The van der Waals surface area contributed by atoms with Crippen molar-refractivity contribution in [1.82, 2.24) is 5.32 Å². The minimum absolute atomic E-state index is 0.221. The van der Waals surface area contributed by atoms with E-state index in [1.54, 1.807) is 12.1 Å². The summed E-state index contributed by atoms with van der Waals surface area (Å²) in [4.78, 5) is 10.7. The molecule has 0 fully saturated rings. The standard InChI is InChI=1S/C17H20N2O2/c1-18-16(14-8-3-2-4-9-14)12-7-11-15-10-5-6-13-17(15)19(20)21/h2-6,8-10,13,16,18H,7,11-12H2,1H3. The van der Waals surface area contributed by atoms with Gasteiger partial charge in [0, 0.05) is 17.7 Å². The highest BCUT2D eigenvalue weighted by Crippen LogP contribution is 2.23. The van der Waals surface area contributed by atoms with Gasteiger partial charge in [0.05, 0.1) is 4.92 Å². The summed E-state index contributed by atoms with van der Waals surface area (Å²) in [5, 5.41) is 14.3. The fraction of sp³-hybridized carbons (Fsp3) is 0.294. The van der Waals surface area contributed by atoms with E-state index in [1.165, 1.54) is 5.56 Å². The fourth-order valence-electron chi connectivity index (χ4n) is 2.56. The largest absolute Gasteiger partial charge is 0.313 e. The second-order valence-electron chi connectivity index (χ2n) is 5.03. The zero-order chi connectivity index (χ0) is 15.1. The van der Waals surface area contributed by atoms with E-state index in [0.717, 1.165) is 24.8 Å². The molecule has 0 aliphatic rings. The molecule has 2 aromatic rings. The lowest BCUT2D eigenvalue weighted by Crippen LogP contribution is -2.16. The van der Waals surface area contributed by atoms with Crippen molar-refractivity contribution in [3.05, 3.63) is 75.8 Å². The van der Waals surface area contributed by atoms with Crippen molar-refractivity contribution in [2.75, 3.05) is 7.05 Å². The van der Waals surface area contributed by atoms with Gasteiger partial charge in [0.25, 0.3) is 5.69 Å². The number of nitrogens with zero attached hydrogens (tertiary/aromatic N) is 1. The van der Waals surface area contributed by atoms with Crippen molar-refractivity contribution in [2.45, 2.75) is 25.3 Å². The Balaban J connectivity index is 1.96. The van der Waals surface area contributed by atoms with Crippen LogP contribution >= 0.6 is 0 Å². The summed E-state index contributed by atoms with van der Waals surface area (Å²) >= 11 is 0.